The van der Waals surface area contributed by atoms with Crippen LogP contribution in [0.2, 0.25) is 0 Å². The summed E-state index contributed by atoms with van der Waals surface area (Å²) in [5, 5.41) is -0.0318. The second kappa shape index (κ2) is 4.87. The number of halogens is 1. The Morgan fingerprint density at radius 2 is 2.38 bits per heavy atom. The number of thioether (sulfide) groups is 1. The molecule has 0 aromatic heterocycles. The van der Waals surface area contributed by atoms with E-state index < -0.39 is 5.82 Å². The van der Waals surface area contributed by atoms with E-state index in [1.165, 1.54) is 25.3 Å². The van der Waals surface area contributed by atoms with Gasteiger partial charge in [0.15, 0.2) is 5.78 Å². The van der Waals surface area contributed by atoms with E-state index in [-0.39, 0.29) is 11.0 Å². The summed E-state index contributed by atoms with van der Waals surface area (Å²) in [6.07, 6.45) is 1.93. The van der Waals surface area contributed by atoms with Crippen molar-refractivity contribution in [2.24, 2.45) is 0 Å². The van der Waals surface area contributed by atoms with Crippen molar-refractivity contribution in [1.82, 2.24) is 0 Å². The van der Waals surface area contributed by atoms with Crippen molar-refractivity contribution in [2.75, 3.05) is 12.9 Å². The summed E-state index contributed by atoms with van der Waals surface area (Å²) in [5.41, 5.74) is 0.363. The third kappa shape index (κ3) is 2.21. The van der Waals surface area contributed by atoms with Crippen LogP contribution in [0.4, 0.5) is 4.39 Å². The van der Waals surface area contributed by atoms with Gasteiger partial charge in [-0.2, -0.15) is 11.8 Å². The molecule has 1 aliphatic heterocycles. The van der Waals surface area contributed by atoms with Crippen LogP contribution in [0.1, 0.15) is 23.2 Å². The van der Waals surface area contributed by atoms with Gasteiger partial charge in [0.1, 0.15) is 11.6 Å². The summed E-state index contributed by atoms with van der Waals surface area (Å²) in [6, 6.07) is 4.07. The first-order chi connectivity index (χ1) is 7.72. The molecule has 16 heavy (non-hydrogen) atoms. The van der Waals surface area contributed by atoms with Crippen LogP contribution in [0.15, 0.2) is 18.2 Å². The molecule has 1 aromatic rings. The topological polar surface area (TPSA) is 26.3 Å². The van der Waals surface area contributed by atoms with Crippen LogP contribution in [0.3, 0.4) is 0 Å². The first kappa shape index (κ1) is 11.5. The summed E-state index contributed by atoms with van der Waals surface area (Å²) in [6.45, 7) is 0. The molecular weight excluding hydrogens is 227 g/mol. The van der Waals surface area contributed by atoms with Gasteiger partial charge >= 0.3 is 0 Å². The molecule has 2 rings (SSSR count). The minimum absolute atomic E-state index is 0.0150. The first-order valence-electron chi connectivity index (χ1n) is 5.21. The molecule has 0 radical (unpaired) electrons. The highest BCUT2D eigenvalue weighted by Gasteiger charge is 2.26. The van der Waals surface area contributed by atoms with Gasteiger partial charge in [-0.3, -0.25) is 4.79 Å². The Hall–Kier alpha value is -1.03. The summed E-state index contributed by atoms with van der Waals surface area (Å²) in [5.74, 6) is 1.05. The zero-order valence-corrected chi connectivity index (χ0v) is 9.85. The van der Waals surface area contributed by atoms with Gasteiger partial charge in [-0.05, 0) is 36.8 Å². The van der Waals surface area contributed by atoms with Crippen LogP contribution in [-0.4, -0.2) is 23.9 Å². The van der Waals surface area contributed by atoms with E-state index in [1.807, 2.05) is 0 Å². The Morgan fingerprint density at radius 1 is 1.56 bits per heavy atom. The number of ketones is 1. The van der Waals surface area contributed by atoms with Crippen LogP contribution in [0.25, 0.3) is 0 Å². The lowest BCUT2D eigenvalue weighted by Gasteiger charge is -2.11. The molecule has 1 aliphatic rings. The number of benzene rings is 1. The maximum absolute atomic E-state index is 13.1. The Labute approximate surface area is 98.2 Å². The largest absolute Gasteiger partial charge is 0.496 e. The summed E-state index contributed by atoms with van der Waals surface area (Å²) in [4.78, 5) is 12.1. The van der Waals surface area contributed by atoms with E-state index in [2.05, 4.69) is 0 Å². The number of rotatable bonds is 3. The number of hydrogen-bond acceptors (Lipinski definition) is 3. The predicted molar refractivity (Wildman–Crippen MR) is 62.8 cm³/mol. The minimum Gasteiger partial charge on any atom is -0.496 e. The second-order valence-corrected chi connectivity index (χ2v) is 5.02. The molecule has 0 amide bonds. The lowest BCUT2D eigenvalue weighted by Crippen LogP contribution is -2.15. The molecule has 1 heterocycles. The average Bonchev–Trinajstić information content (AvgIpc) is 2.81. The van der Waals surface area contributed by atoms with Crippen LogP contribution >= 0.6 is 11.8 Å². The fraction of sp³-hybridized carbons (Fsp3) is 0.417. The summed E-state index contributed by atoms with van der Waals surface area (Å²) < 4.78 is 18.2. The lowest BCUT2D eigenvalue weighted by atomic mass is 10.0. The van der Waals surface area contributed by atoms with E-state index in [4.69, 9.17) is 4.74 Å². The molecular formula is C12H13FO2S. The van der Waals surface area contributed by atoms with Crippen LogP contribution in [0.5, 0.6) is 5.75 Å². The number of carbonyl (C=O) groups is 1. The van der Waals surface area contributed by atoms with Gasteiger partial charge in [-0.25, -0.2) is 4.39 Å². The Kier molecular flexibility index (Phi) is 3.49. The molecule has 0 bridgehead atoms. The highest BCUT2D eigenvalue weighted by Crippen LogP contribution is 2.31. The fourth-order valence-electron chi connectivity index (χ4n) is 1.83. The Morgan fingerprint density at radius 3 is 3.00 bits per heavy atom. The van der Waals surface area contributed by atoms with Gasteiger partial charge in [0.2, 0.25) is 0 Å². The van der Waals surface area contributed by atoms with E-state index in [0.29, 0.717) is 11.3 Å². The van der Waals surface area contributed by atoms with E-state index in [1.54, 1.807) is 11.8 Å². The number of carbonyl (C=O) groups excluding carboxylic acids is 1. The number of hydrogen-bond donors (Lipinski definition) is 0. The molecule has 0 N–H and O–H groups in total. The third-order valence-corrected chi connectivity index (χ3v) is 4.03. The van der Waals surface area contributed by atoms with Gasteiger partial charge < -0.3 is 4.74 Å². The molecule has 86 valence electrons. The number of Topliss-reactive ketones (excluding diaryl/α,β-unsaturated/α-hetero) is 1. The Bertz CT molecular complexity index is 400. The third-order valence-electron chi connectivity index (χ3n) is 2.65. The molecule has 1 aromatic carbocycles. The van der Waals surface area contributed by atoms with E-state index in [9.17, 15) is 9.18 Å². The van der Waals surface area contributed by atoms with Crippen molar-refractivity contribution in [2.45, 2.75) is 18.1 Å². The van der Waals surface area contributed by atoms with Crippen molar-refractivity contribution in [3.63, 3.8) is 0 Å². The van der Waals surface area contributed by atoms with Gasteiger partial charge in [0.05, 0.1) is 17.9 Å². The minimum atomic E-state index is -0.396. The van der Waals surface area contributed by atoms with Gasteiger partial charge in [-0.1, -0.05) is 0 Å². The van der Waals surface area contributed by atoms with E-state index >= 15 is 0 Å². The normalized spacial score (nSPS) is 19.8. The summed E-state index contributed by atoms with van der Waals surface area (Å²) >= 11 is 1.64. The van der Waals surface area contributed by atoms with Crippen molar-refractivity contribution in [1.29, 1.82) is 0 Å². The smallest absolute Gasteiger partial charge is 0.179 e. The zero-order chi connectivity index (χ0) is 11.5. The van der Waals surface area contributed by atoms with Crippen LogP contribution in [-0.2, 0) is 0 Å². The molecule has 0 spiro atoms. The quantitative estimate of drug-likeness (QED) is 0.760. The van der Waals surface area contributed by atoms with Crippen molar-refractivity contribution in [3.8, 4) is 5.75 Å². The summed E-state index contributed by atoms with van der Waals surface area (Å²) in [7, 11) is 1.49. The lowest BCUT2D eigenvalue weighted by molar-refractivity contribution is 0.0985. The molecule has 1 fully saturated rings. The number of ether oxygens (including phenoxy) is 1. The first-order valence-corrected chi connectivity index (χ1v) is 6.26. The molecule has 0 aliphatic carbocycles. The maximum Gasteiger partial charge on any atom is 0.179 e. The average molecular weight is 240 g/mol. The second-order valence-electron chi connectivity index (χ2n) is 3.71. The monoisotopic (exact) mass is 240 g/mol. The van der Waals surface area contributed by atoms with Crippen molar-refractivity contribution in [3.05, 3.63) is 29.6 Å². The zero-order valence-electron chi connectivity index (χ0n) is 9.03. The van der Waals surface area contributed by atoms with Gasteiger partial charge in [0, 0.05) is 0 Å². The Balaban J connectivity index is 2.30. The highest BCUT2D eigenvalue weighted by atomic mass is 32.2. The van der Waals surface area contributed by atoms with Crippen LogP contribution < -0.4 is 4.74 Å². The number of methoxy groups -OCH3 is 1. The van der Waals surface area contributed by atoms with Gasteiger partial charge in [0.25, 0.3) is 0 Å². The maximum atomic E-state index is 13.1. The molecule has 1 unspecified atom stereocenters. The molecule has 1 atom stereocenters. The van der Waals surface area contributed by atoms with Crippen molar-refractivity contribution < 1.29 is 13.9 Å². The van der Waals surface area contributed by atoms with Crippen molar-refractivity contribution >= 4 is 17.5 Å². The van der Waals surface area contributed by atoms with Gasteiger partial charge in [-0.15, -0.1) is 0 Å². The SMILES string of the molecule is COc1ccc(F)cc1C(=O)C1CCCS1. The predicted octanol–water partition coefficient (Wildman–Crippen LogP) is 2.91. The van der Waals surface area contributed by atoms with E-state index in [0.717, 1.165) is 18.6 Å². The highest BCUT2D eigenvalue weighted by molar-refractivity contribution is 8.00. The molecule has 4 heteroatoms. The molecule has 2 nitrogen and oxygen atoms in total. The fourth-order valence-corrected chi connectivity index (χ4v) is 3.06. The molecule has 1 saturated heterocycles. The van der Waals surface area contributed by atoms with Crippen LogP contribution in [0, 0.1) is 5.82 Å². The molecule has 0 saturated carbocycles. The standard InChI is InChI=1S/C12H13FO2S/c1-15-10-5-4-8(13)7-9(10)12(14)11-3-2-6-16-11/h4-5,7,11H,2-3,6H2,1H3.